The van der Waals surface area contributed by atoms with Crippen molar-refractivity contribution in [1.29, 1.82) is 0 Å². The van der Waals surface area contributed by atoms with Crippen LogP contribution in [0.25, 0.3) is 0 Å². The fourth-order valence-corrected chi connectivity index (χ4v) is 2.05. The first-order valence-electron chi connectivity index (χ1n) is 6.85. The molecule has 1 unspecified atom stereocenters. The second-order valence-corrected chi connectivity index (χ2v) is 5.20. The number of hydrogen-bond acceptors (Lipinski definition) is 3. The summed E-state index contributed by atoms with van der Waals surface area (Å²) in [5.41, 5.74) is 0.751. The van der Waals surface area contributed by atoms with Crippen molar-refractivity contribution in [1.82, 2.24) is 15.1 Å². The third kappa shape index (κ3) is 5.68. The average Bonchev–Trinajstić information content (AvgIpc) is 2.36. The van der Waals surface area contributed by atoms with Gasteiger partial charge in [0, 0.05) is 31.2 Å². The van der Waals surface area contributed by atoms with Crippen LogP contribution in [0.4, 0.5) is 4.39 Å². The van der Waals surface area contributed by atoms with Crippen molar-refractivity contribution in [2.24, 2.45) is 0 Å². The molecule has 0 amide bonds. The van der Waals surface area contributed by atoms with Gasteiger partial charge in [0.15, 0.2) is 0 Å². The maximum Gasteiger partial charge on any atom is 0.128 e. The first kappa shape index (κ1) is 16.1. The van der Waals surface area contributed by atoms with E-state index in [0.29, 0.717) is 0 Å². The molecular formula is C15H26FN3. The minimum atomic E-state index is -0.130. The smallest absolute Gasteiger partial charge is 0.128 e. The number of benzene rings is 1. The van der Waals surface area contributed by atoms with Crippen LogP contribution in [0.1, 0.15) is 18.5 Å². The predicted octanol–water partition coefficient (Wildman–Crippen LogP) is 1.97. The Labute approximate surface area is 116 Å². The molecule has 108 valence electrons. The van der Waals surface area contributed by atoms with Gasteiger partial charge in [0.05, 0.1) is 0 Å². The monoisotopic (exact) mass is 267 g/mol. The number of nitrogens with one attached hydrogen (secondary N) is 1. The number of nitrogens with zero attached hydrogens (tertiary/aromatic N) is 2. The Morgan fingerprint density at radius 3 is 2.42 bits per heavy atom. The molecule has 0 aliphatic heterocycles. The molecule has 4 heteroatoms. The second-order valence-electron chi connectivity index (χ2n) is 5.20. The van der Waals surface area contributed by atoms with Crippen LogP contribution >= 0.6 is 0 Å². The van der Waals surface area contributed by atoms with Gasteiger partial charge >= 0.3 is 0 Å². The van der Waals surface area contributed by atoms with Crippen LogP contribution in [0.15, 0.2) is 24.3 Å². The van der Waals surface area contributed by atoms with Crippen molar-refractivity contribution in [3.05, 3.63) is 35.6 Å². The van der Waals surface area contributed by atoms with Crippen LogP contribution in [0.2, 0.25) is 0 Å². The van der Waals surface area contributed by atoms with E-state index in [-0.39, 0.29) is 11.9 Å². The Hall–Kier alpha value is -0.970. The molecule has 1 N–H and O–H groups in total. The van der Waals surface area contributed by atoms with Gasteiger partial charge in [-0.1, -0.05) is 25.1 Å². The fraction of sp³-hybridized carbons (Fsp3) is 0.600. The van der Waals surface area contributed by atoms with Gasteiger partial charge in [-0.2, -0.15) is 0 Å². The second kappa shape index (κ2) is 8.25. The minimum Gasteiger partial charge on any atom is -0.309 e. The van der Waals surface area contributed by atoms with Gasteiger partial charge in [-0.15, -0.1) is 0 Å². The zero-order valence-electron chi connectivity index (χ0n) is 12.5. The molecular weight excluding hydrogens is 241 g/mol. The van der Waals surface area contributed by atoms with Crippen molar-refractivity contribution < 1.29 is 4.39 Å². The Balaban J connectivity index is 2.65. The normalized spacial score (nSPS) is 13.2. The Kier molecular flexibility index (Phi) is 6.99. The number of halogens is 1. The van der Waals surface area contributed by atoms with Crippen LogP contribution < -0.4 is 5.32 Å². The zero-order chi connectivity index (χ0) is 14.3. The lowest BCUT2D eigenvalue weighted by Gasteiger charge is -2.26. The van der Waals surface area contributed by atoms with Crippen LogP contribution in [-0.2, 0) is 0 Å². The highest BCUT2D eigenvalue weighted by atomic mass is 19.1. The van der Waals surface area contributed by atoms with Crippen LogP contribution in [-0.4, -0.2) is 57.1 Å². The molecule has 1 aromatic rings. The lowest BCUT2D eigenvalue weighted by atomic mass is 10.1. The van der Waals surface area contributed by atoms with Gasteiger partial charge in [0.25, 0.3) is 0 Å². The molecule has 0 spiro atoms. The fourth-order valence-electron chi connectivity index (χ4n) is 2.05. The summed E-state index contributed by atoms with van der Waals surface area (Å²) in [6.07, 6.45) is 0. The van der Waals surface area contributed by atoms with Crippen molar-refractivity contribution in [2.45, 2.75) is 13.0 Å². The molecule has 0 fully saturated rings. The molecule has 0 radical (unpaired) electrons. The highest BCUT2D eigenvalue weighted by Crippen LogP contribution is 2.17. The SMILES string of the molecule is CCNC(CN(C)CCN(C)C)c1ccccc1F. The molecule has 0 heterocycles. The summed E-state index contributed by atoms with van der Waals surface area (Å²) in [5, 5.41) is 3.36. The van der Waals surface area contributed by atoms with E-state index in [2.05, 4.69) is 36.3 Å². The van der Waals surface area contributed by atoms with Crippen molar-refractivity contribution in [3.8, 4) is 0 Å². The molecule has 1 atom stereocenters. The summed E-state index contributed by atoms with van der Waals surface area (Å²) >= 11 is 0. The number of rotatable bonds is 8. The first-order valence-corrected chi connectivity index (χ1v) is 6.85. The van der Waals surface area contributed by atoms with Gasteiger partial charge in [0.1, 0.15) is 5.82 Å². The molecule has 1 aromatic carbocycles. The van der Waals surface area contributed by atoms with Crippen LogP contribution in [0, 0.1) is 5.82 Å². The molecule has 0 aliphatic rings. The molecule has 0 bridgehead atoms. The van der Waals surface area contributed by atoms with Crippen LogP contribution in [0.5, 0.6) is 0 Å². The molecule has 0 saturated carbocycles. The van der Waals surface area contributed by atoms with E-state index < -0.39 is 0 Å². The van der Waals surface area contributed by atoms with Gasteiger partial charge in [0.2, 0.25) is 0 Å². The average molecular weight is 267 g/mol. The molecule has 1 rings (SSSR count). The molecule has 3 nitrogen and oxygen atoms in total. The van der Waals surface area contributed by atoms with E-state index in [0.717, 1.165) is 31.7 Å². The third-order valence-corrected chi connectivity index (χ3v) is 3.15. The summed E-state index contributed by atoms with van der Waals surface area (Å²) in [7, 11) is 6.20. The lowest BCUT2D eigenvalue weighted by Crippen LogP contribution is -2.36. The lowest BCUT2D eigenvalue weighted by molar-refractivity contribution is 0.255. The van der Waals surface area contributed by atoms with Gasteiger partial charge in [-0.3, -0.25) is 0 Å². The maximum absolute atomic E-state index is 13.9. The zero-order valence-corrected chi connectivity index (χ0v) is 12.5. The quantitative estimate of drug-likeness (QED) is 0.777. The highest BCUT2D eigenvalue weighted by molar-refractivity contribution is 5.21. The van der Waals surface area contributed by atoms with E-state index >= 15 is 0 Å². The molecule has 0 saturated heterocycles. The van der Waals surface area contributed by atoms with E-state index in [1.165, 1.54) is 6.07 Å². The van der Waals surface area contributed by atoms with E-state index in [4.69, 9.17) is 0 Å². The summed E-state index contributed by atoms with van der Waals surface area (Å²) in [4.78, 5) is 4.39. The van der Waals surface area contributed by atoms with Crippen molar-refractivity contribution in [3.63, 3.8) is 0 Å². The van der Waals surface area contributed by atoms with Gasteiger partial charge in [-0.05, 0) is 33.8 Å². The van der Waals surface area contributed by atoms with Crippen molar-refractivity contribution >= 4 is 0 Å². The standard InChI is InChI=1S/C15H26FN3/c1-5-17-15(12-19(4)11-10-18(2)3)13-8-6-7-9-14(13)16/h6-9,15,17H,5,10-12H2,1-4H3. The predicted molar refractivity (Wildman–Crippen MR) is 78.9 cm³/mol. The van der Waals surface area contributed by atoms with Crippen molar-refractivity contribution in [2.75, 3.05) is 47.3 Å². The van der Waals surface area contributed by atoms with E-state index in [9.17, 15) is 4.39 Å². The summed E-state index contributed by atoms with van der Waals surface area (Å²) in [5.74, 6) is -0.130. The molecule has 0 aliphatic carbocycles. The molecule has 19 heavy (non-hydrogen) atoms. The van der Waals surface area contributed by atoms with Gasteiger partial charge in [-0.25, -0.2) is 4.39 Å². The molecule has 0 aromatic heterocycles. The number of hydrogen-bond donors (Lipinski definition) is 1. The van der Waals surface area contributed by atoms with Crippen LogP contribution in [0.3, 0.4) is 0 Å². The Morgan fingerprint density at radius 2 is 1.84 bits per heavy atom. The third-order valence-electron chi connectivity index (χ3n) is 3.15. The Morgan fingerprint density at radius 1 is 1.16 bits per heavy atom. The van der Waals surface area contributed by atoms with E-state index in [1.54, 1.807) is 6.07 Å². The number of likely N-dealkylation sites (N-methyl/N-ethyl adjacent to an activating group) is 3. The highest BCUT2D eigenvalue weighted by Gasteiger charge is 2.16. The topological polar surface area (TPSA) is 18.5 Å². The summed E-state index contributed by atoms with van der Waals surface area (Å²) in [6.45, 7) is 5.67. The summed E-state index contributed by atoms with van der Waals surface area (Å²) in [6, 6.07) is 7.06. The maximum atomic E-state index is 13.9. The van der Waals surface area contributed by atoms with Gasteiger partial charge < -0.3 is 15.1 Å². The Bertz CT molecular complexity index is 368. The first-order chi connectivity index (χ1) is 9.04. The largest absolute Gasteiger partial charge is 0.309 e. The minimum absolute atomic E-state index is 0.0402. The van der Waals surface area contributed by atoms with E-state index in [1.807, 2.05) is 19.1 Å². The summed E-state index contributed by atoms with van der Waals surface area (Å²) < 4.78 is 13.9.